The van der Waals surface area contributed by atoms with Crippen LogP contribution in [0.15, 0.2) is 24.3 Å². The molecule has 0 bridgehead atoms. The smallest absolute Gasteiger partial charge is 0.124 e. The molecule has 1 aliphatic rings. The van der Waals surface area contributed by atoms with Gasteiger partial charge >= 0.3 is 0 Å². The molecule has 0 radical (unpaired) electrons. The van der Waals surface area contributed by atoms with Crippen molar-refractivity contribution in [3.05, 3.63) is 35.0 Å². The van der Waals surface area contributed by atoms with Gasteiger partial charge in [0.25, 0.3) is 0 Å². The molecule has 1 fully saturated rings. The van der Waals surface area contributed by atoms with Crippen molar-refractivity contribution in [3.63, 3.8) is 0 Å². The van der Waals surface area contributed by atoms with E-state index in [0.717, 1.165) is 16.6 Å². The van der Waals surface area contributed by atoms with E-state index in [-0.39, 0.29) is 5.82 Å². The summed E-state index contributed by atoms with van der Waals surface area (Å²) >= 11 is 1.71. The zero-order valence-electron chi connectivity index (χ0n) is 8.29. The monoisotopic (exact) mass is 221 g/mol. The van der Waals surface area contributed by atoms with Crippen LogP contribution in [0.1, 0.15) is 23.8 Å². The predicted octanol–water partition coefficient (Wildman–Crippen LogP) is 3.46. The van der Waals surface area contributed by atoms with Crippen LogP contribution in [0.3, 0.4) is 0 Å². The second kappa shape index (κ2) is 3.58. The topological polar surface area (TPSA) is 12.0 Å². The summed E-state index contributed by atoms with van der Waals surface area (Å²) in [5, 5.41) is 4.62. The number of halogens is 1. The van der Waals surface area contributed by atoms with E-state index in [9.17, 15) is 4.39 Å². The highest BCUT2D eigenvalue weighted by Gasteiger charge is 2.18. The molecule has 1 aromatic heterocycles. The largest absolute Gasteiger partial charge is 0.309 e. The third-order valence-electron chi connectivity index (χ3n) is 2.90. The first kappa shape index (κ1) is 9.31. The van der Waals surface area contributed by atoms with E-state index in [0.29, 0.717) is 6.04 Å². The van der Waals surface area contributed by atoms with Crippen molar-refractivity contribution in [1.29, 1.82) is 0 Å². The molecule has 2 heterocycles. The van der Waals surface area contributed by atoms with Gasteiger partial charge < -0.3 is 5.32 Å². The van der Waals surface area contributed by atoms with Gasteiger partial charge in [0.15, 0.2) is 0 Å². The molecule has 0 amide bonds. The van der Waals surface area contributed by atoms with Crippen molar-refractivity contribution < 1.29 is 4.39 Å². The van der Waals surface area contributed by atoms with Crippen LogP contribution < -0.4 is 5.32 Å². The van der Waals surface area contributed by atoms with Crippen LogP contribution in [-0.2, 0) is 0 Å². The van der Waals surface area contributed by atoms with Crippen molar-refractivity contribution in [2.24, 2.45) is 0 Å². The SMILES string of the molecule is Fc1ccc2cc(C3CCCN3)sc2c1. The van der Waals surface area contributed by atoms with Gasteiger partial charge in [0.2, 0.25) is 0 Å². The quantitative estimate of drug-likeness (QED) is 0.777. The zero-order chi connectivity index (χ0) is 10.3. The standard InChI is InChI=1S/C12H12FNS/c13-9-4-3-8-6-12(15-11(8)7-9)10-2-1-5-14-10/h3-4,6-7,10,14H,1-2,5H2. The minimum atomic E-state index is -0.143. The molecule has 1 aliphatic heterocycles. The summed E-state index contributed by atoms with van der Waals surface area (Å²) in [6.45, 7) is 1.10. The highest BCUT2D eigenvalue weighted by Crippen LogP contribution is 2.33. The zero-order valence-corrected chi connectivity index (χ0v) is 9.11. The molecule has 0 saturated carbocycles. The summed E-state index contributed by atoms with van der Waals surface area (Å²) in [5.74, 6) is -0.143. The maximum Gasteiger partial charge on any atom is 0.124 e. The Labute approximate surface area is 91.9 Å². The van der Waals surface area contributed by atoms with Gasteiger partial charge in [0.05, 0.1) is 0 Å². The maximum atomic E-state index is 13.0. The van der Waals surface area contributed by atoms with E-state index in [4.69, 9.17) is 0 Å². The molecule has 1 unspecified atom stereocenters. The summed E-state index contributed by atoms with van der Waals surface area (Å²) < 4.78 is 14.1. The molecule has 1 nitrogen and oxygen atoms in total. The van der Waals surface area contributed by atoms with Crippen molar-refractivity contribution in [1.82, 2.24) is 5.32 Å². The molecular weight excluding hydrogens is 209 g/mol. The number of hydrogen-bond donors (Lipinski definition) is 1. The molecular formula is C12H12FNS. The molecule has 3 heteroatoms. The van der Waals surface area contributed by atoms with Crippen LogP contribution in [0.2, 0.25) is 0 Å². The molecule has 1 aromatic carbocycles. The average molecular weight is 221 g/mol. The fraction of sp³-hybridized carbons (Fsp3) is 0.333. The molecule has 15 heavy (non-hydrogen) atoms. The third kappa shape index (κ3) is 1.66. The van der Waals surface area contributed by atoms with E-state index in [1.807, 2.05) is 6.07 Å². The van der Waals surface area contributed by atoms with Crippen molar-refractivity contribution in [3.8, 4) is 0 Å². The van der Waals surface area contributed by atoms with Gasteiger partial charge in [-0.3, -0.25) is 0 Å². The lowest BCUT2D eigenvalue weighted by Gasteiger charge is -2.05. The second-order valence-electron chi connectivity index (χ2n) is 3.98. The van der Waals surface area contributed by atoms with E-state index in [1.165, 1.54) is 23.8 Å². The number of thiophene rings is 1. The van der Waals surface area contributed by atoms with Gasteiger partial charge in [0, 0.05) is 15.6 Å². The average Bonchev–Trinajstić information content (AvgIpc) is 2.84. The van der Waals surface area contributed by atoms with Crippen molar-refractivity contribution in [2.75, 3.05) is 6.54 Å². The lowest BCUT2D eigenvalue weighted by molar-refractivity contribution is 0.630. The number of hydrogen-bond acceptors (Lipinski definition) is 2. The van der Waals surface area contributed by atoms with E-state index in [2.05, 4.69) is 11.4 Å². The Hall–Kier alpha value is -0.930. The Morgan fingerprint density at radius 3 is 3.07 bits per heavy atom. The first-order valence-electron chi connectivity index (χ1n) is 5.25. The van der Waals surface area contributed by atoms with Crippen molar-refractivity contribution >= 4 is 21.4 Å². The summed E-state index contributed by atoms with van der Waals surface area (Å²) in [7, 11) is 0. The summed E-state index contributed by atoms with van der Waals surface area (Å²) in [4.78, 5) is 1.34. The maximum absolute atomic E-state index is 13.0. The van der Waals surface area contributed by atoms with E-state index >= 15 is 0 Å². The molecule has 1 saturated heterocycles. The van der Waals surface area contributed by atoms with Gasteiger partial charge in [-0.2, -0.15) is 0 Å². The molecule has 1 N–H and O–H groups in total. The van der Waals surface area contributed by atoms with E-state index in [1.54, 1.807) is 17.4 Å². The summed E-state index contributed by atoms with van der Waals surface area (Å²) in [5.41, 5.74) is 0. The van der Waals surface area contributed by atoms with Crippen LogP contribution in [0.4, 0.5) is 4.39 Å². The molecule has 2 aromatic rings. The minimum Gasteiger partial charge on any atom is -0.309 e. The van der Waals surface area contributed by atoms with E-state index < -0.39 is 0 Å². The fourth-order valence-corrected chi connectivity index (χ4v) is 3.32. The van der Waals surface area contributed by atoms with Gasteiger partial charge in [-0.15, -0.1) is 11.3 Å². The van der Waals surface area contributed by atoms with Crippen LogP contribution >= 0.6 is 11.3 Å². The minimum absolute atomic E-state index is 0.143. The van der Waals surface area contributed by atoms with Crippen molar-refractivity contribution in [2.45, 2.75) is 18.9 Å². The third-order valence-corrected chi connectivity index (χ3v) is 4.12. The van der Waals surface area contributed by atoms with Gasteiger partial charge in [-0.1, -0.05) is 6.07 Å². The highest BCUT2D eigenvalue weighted by atomic mass is 32.1. The Morgan fingerprint density at radius 1 is 1.33 bits per heavy atom. The molecule has 0 spiro atoms. The fourth-order valence-electron chi connectivity index (χ4n) is 2.12. The normalized spacial score (nSPS) is 21.3. The van der Waals surface area contributed by atoms with Gasteiger partial charge in [-0.25, -0.2) is 4.39 Å². The van der Waals surface area contributed by atoms with Gasteiger partial charge in [0.1, 0.15) is 5.82 Å². The lowest BCUT2D eigenvalue weighted by atomic mass is 10.1. The molecule has 0 aliphatic carbocycles. The van der Waals surface area contributed by atoms with Crippen LogP contribution in [0.25, 0.3) is 10.1 Å². The van der Waals surface area contributed by atoms with Crippen LogP contribution in [-0.4, -0.2) is 6.54 Å². The molecule has 78 valence electrons. The Bertz CT molecular complexity index is 485. The molecule has 3 rings (SSSR count). The Morgan fingerprint density at radius 2 is 2.27 bits per heavy atom. The number of nitrogens with one attached hydrogen (secondary N) is 1. The number of rotatable bonds is 1. The molecule has 1 atom stereocenters. The summed E-state index contributed by atoms with van der Waals surface area (Å²) in [6, 6.07) is 7.69. The highest BCUT2D eigenvalue weighted by molar-refractivity contribution is 7.19. The summed E-state index contributed by atoms with van der Waals surface area (Å²) in [6.07, 6.45) is 2.45. The van der Waals surface area contributed by atoms with Crippen LogP contribution in [0.5, 0.6) is 0 Å². The first-order chi connectivity index (χ1) is 7.33. The number of benzene rings is 1. The predicted molar refractivity (Wildman–Crippen MR) is 61.8 cm³/mol. The lowest BCUT2D eigenvalue weighted by Crippen LogP contribution is -2.11. The second-order valence-corrected chi connectivity index (χ2v) is 5.10. The first-order valence-corrected chi connectivity index (χ1v) is 6.07. The Balaban J connectivity index is 2.05. The number of fused-ring (bicyclic) bond motifs is 1. The Kier molecular flexibility index (Phi) is 2.22. The van der Waals surface area contributed by atoms with Crippen LogP contribution in [0, 0.1) is 5.82 Å². The van der Waals surface area contributed by atoms with Gasteiger partial charge in [-0.05, 0) is 43.0 Å².